The average Bonchev–Trinajstić information content (AvgIpc) is 3.04. The lowest BCUT2D eigenvalue weighted by molar-refractivity contribution is -0.114. The molecule has 0 aliphatic carbocycles. The van der Waals surface area contributed by atoms with Crippen molar-refractivity contribution in [1.29, 1.82) is 0 Å². The molecule has 0 atom stereocenters. The van der Waals surface area contributed by atoms with E-state index < -0.39 is 9.84 Å². The number of hydrogen-bond acceptors (Lipinski definition) is 4. The molecule has 0 bridgehead atoms. The highest BCUT2D eigenvalue weighted by atomic mass is 32.2. The fraction of sp³-hybridized carbons (Fsp3) is 0.235. The Morgan fingerprint density at radius 2 is 2.13 bits per heavy atom. The van der Waals surface area contributed by atoms with E-state index in [-0.39, 0.29) is 5.91 Å². The predicted molar refractivity (Wildman–Crippen MR) is 93.6 cm³/mol. The molecule has 0 unspecified atom stereocenters. The number of carbonyl (C=O) groups is 1. The van der Waals surface area contributed by atoms with Crippen LogP contribution in [0.15, 0.2) is 46.0 Å². The van der Waals surface area contributed by atoms with E-state index in [0.29, 0.717) is 23.5 Å². The minimum Gasteiger partial charge on any atom is -0.309 e. The first-order chi connectivity index (χ1) is 11.0. The number of anilines is 1. The number of thiophene rings is 1. The zero-order valence-corrected chi connectivity index (χ0v) is 14.4. The highest BCUT2D eigenvalue weighted by molar-refractivity contribution is 7.90. The Morgan fingerprint density at radius 1 is 1.30 bits per heavy atom. The van der Waals surface area contributed by atoms with E-state index in [0.717, 1.165) is 17.5 Å². The number of nitrogens with zero attached hydrogens (tertiary/aromatic N) is 1. The summed E-state index contributed by atoms with van der Waals surface area (Å²) < 4.78 is 23.9. The fourth-order valence-corrected chi connectivity index (χ4v) is 4.40. The van der Waals surface area contributed by atoms with Crippen LogP contribution in [0, 0.1) is 0 Å². The Morgan fingerprint density at radius 3 is 2.83 bits per heavy atom. The van der Waals surface area contributed by atoms with Gasteiger partial charge in [0.15, 0.2) is 9.84 Å². The summed E-state index contributed by atoms with van der Waals surface area (Å²) in [6.07, 6.45) is 5.98. The van der Waals surface area contributed by atoms with Crippen molar-refractivity contribution < 1.29 is 13.2 Å². The Balaban J connectivity index is 1.94. The van der Waals surface area contributed by atoms with Crippen LogP contribution in [0.4, 0.5) is 5.69 Å². The van der Waals surface area contributed by atoms with Crippen LogP contribution >= 0.6 is 11.3 Å². The molecule has 0 spiro atoms. The van der Waals surface area contributed by atoms with E-state index in [1.165, 1.54) is 6.26 Å². The molecule has 1 aliphatic rings. The summed E-state index contributed by atoms with van der Waals surface area (Å²) in [5.74, 6) is -0.122. The molecule has 120 valence electrons. The van der Waals surface area contributed by atoms with Crippen LogP contribution in [-0.4, -0.2) is 27.1 Å². The molecular weight excluding hydrogens is 330 g/mol. The monoisotopic (exact) mass is 347 g/mol. The minimum absolute atomic E-state index is 0.122. The number of rotatable bonds is 3. The smallest absolute Gasteiger partial charge is 0.250 e. The number of fused-ring (bicyclic) bond motifs is 1. The van der Waals surface area contributed by atoms with Gasteiger partial charge in [0, 0.05) is 24.6 Å². The van der Waals surface area contributed by atoms with Gasteiger partial charge in [0.05, 0.1) is 4.90 Å². The van der Waals surface area contributed by atoms with Gasteiger partial charge >= 0.3 is 0 Å². The van der Waals surface area contributed by atoms with Gasteiger partial charge in [-0.1, -0.05) is 6.07 Å². The van der Waals surface area contributed by atoms with E-state index in [9.17, 15) is 13.2 Å². The summed E-state index contributed by atoms with van der Waals surface area (Å²) in [6, 6.07) is 7.08. The lowest BCUT2D eigenvalue weighted by Gasteiger charge is -2.29. The van der Waals surface area contributed by atoms with Gasteiger partial charge in [-0.15, -0.1) is 0 Å². The zero-order valence-electron chi connectivity index (χ0n) is 12.7. The third-order valence-corrected chi connectivity index (χ3v) is 5.72. The maximum Gasteiger partial charge on any atom is 0.250 e. The highest BCUT2D eigenvalue weighted by Crippen LogP contribution is 2.32. The predicted octanol–water partition coefficient (Wildman–Crippen LogP) is 3.14. The minimum atomic E-state index is -3.30. The molecule has 1 amide bonds. The molecule has 1 aromatic heterocycles. The number of amides is 1. The maximum atomic E-state index is 12.5. The van der Waals surface area contributed by atoms with Gasteiger partial charge in [-0.05, 0) is 59.0 Å². The number of hydrogen-bond donors (Lipinski definition) is 0. The summed E-state index contributed by atoms with van der Waals surface area (Å²) in [4.78, 5) is 14.5. The van der Waals surface area contributed by atoms with Crippen molar-refractivity contribution in [3.63, 3.8) is 0 Å². The van der Waals surface area contributed by atoms with Gasteiger partial charge in [-0.2, -0.15) is 11.3 Å². The molecule has 4 nitrogen and oxygen atoms in total. The normalized spacial score (nSPS) is 14.9. The topological polar surface area (TPSA) is 54.5 Å². The van der Waals surface area contributed by atoms with Crippen molar-refractivity contribution in [1.82, 2.24) is 0 Å². The summed E-state index contributed by atoms with van der Waals surface area (Å²) in [5.41, 5.74) is 2.45. The summed E-state index contributed by atoms with van der Waals surface area (Å²) >= 11 is 1.58. The standard InChI is InChI=1S/C17H17NO3S2/c1-23(20,21)16-6-2-5-15-14(16)4-3-10-18(15)17(19)8-7-13-9-11-22-12-13/h2,5-9,11-12H,3-4,10H2,1H3. The molecule has 0 N–H and O–H groups in total. The highest BCUT2D eigenvalue weighted by Gasteiger charge is 2.25. The van der Waals surface area contributed by atoms with Crippen molar-refractivity contribution >= 4 is 38.8 Å². The Labute approximate surface area is 140 Å². The third kappa shape index (κ3) is 3.38. The zero-order chi connectivity index (χ0) is 16.4. The molecule has 6 heteroatoms. The number of benzene rings is 1. The molecule has 0 saturated heterocycles. The second kappa shape index (κ2) is 6.29. The van der Waals surface area contributed by atoms with Crippen LogP contribution in [0.5, 0.6) is 0 Å². The fourth-order valence-electron chi connectivity index (χ4n) is 2.80. The number of sulfone groups is 1. The van der Waals surface area contributed by atoms with Gasteiger partial charge < -0.3 is 4.90 Å². The van der Waals surface area contributed by atoms with Crippen molar-refractivity contribution in [3.8, 4) is 0 Å². The molecule has 0 radical (unpaired) electrons. The van der Waals surface area contributed by atoms with E-state index in [1.807, 2.05) is 22.9 Å². The van der Waals surface area contributed by atoms with E-state index in [2.05, 4.69) is 0 Å². The Kier molecular flexibility index (Phi) is 4.37. The molecule has 2 aromatic rings. The lowest BCUT2D eigenvalue weighted by atomic mass is 10.0. The second-order valence-electron chi connectivity index (χ2n) is 5.51. The van der Waals surface area contributed by atoms with Crippen molar-refractivity contribution in [2.24, 2.45) is 0 Å². The van der Waals surface area contributed by atoms with Crippen LogP contribution in [0.1, 0.15) is 17.5 Å². The average molecular weight is 347 g/mol. The first kappa shape index (κ1) is 16.0. The van der Waals surface area contributed by atoms with Crippen LogP contribution in [0.3, 0.4) is 0 Å². The number of carbonyl (C=O) groups excluding carboxylic acids is 1. The summed E-state index contributed by atoms with van der Waals surface area (Å²) in [6.45, 7) is 0.604. The van der Waals surface area contributed by atoms with E-state index >= 15 is 0 Å². The first-order valence-corrected chi connectivity index (χ1v) is 10.1. The molecule has 0 fully saturated rings. The second-order valence-corrected chi connectivity index (χ2v) is 8.27. The summed E-state index contributed by atoms with van der Waals surface area (Å²) in [5, 5.41) is 3.93. The van der Waals surface area contributed by atoms with Crippen molar-refractivity contribution in [2.75, 3.05) is 17.7 Å². The molecule has 1 aromatic carbocycles. The molecule has 2 heterocycles. The quantitative estimate of drug-likeness (QED) is 0.802. The van der Waals surface area contributed by atoms with Crippen LogP contribution in [0.25, 0.3) is 6.08 Å². The third-order valence-electron chi connectivity index (χ3n) is 3.83. The largest absolute Gasteiger partial charge is 0.309 e. The first-order valence-electron chi connectivity index (χ1n) is 7.30. The molecule has 23 heavy (non-hydrogen) atoms. The van der Waals surface area contributed by atoms with Gasteiger partial charge in [-0.3, -0.25) is 4.79 Å². The van der Waals surface area contributed by atoms with Crippen LogP contribution in [-0.2, 0) is 21.1 Å². The van der Waals surface area contributed by atoms with Gasteiger partial charge in [-0.25, -0.2) is 8.42 Å². The maximum absolute atomic E-state index is 12.5. The van der Waals surface area contributed by atoms with Crippen molar-refractivity contribution in [3.05, 3.63) is 52.2 Å². The lowest BCUT2D eigenvalue weighted by Crippen LogP contribution is -2.34. The Hall–Kier alpha value is -1.92. The Bertz CT molecular complexity index is 852. The SMILES string of the molecule is CS(=O)(=O)c1cccc2c1CCCN2C(=O)C=Cc1ccsc1. The molecule has 3 rings (SSSR count). The van der Waals surface area contributed by atoms with Crippen LogP contribution < -0.4 is 4.90 Å². The molecule has 0 saturated carbocycles. The van der Waals surface area contributed by atoms with Crippen molar-refractivity contribution in [2.45, 2.75) is 17.7 Å². The van der Waals surface area contributed by atoms with E-state index in [4.69, 9.17) is 0 Å². The summed E-state index contributed by atoms with van der Waals surface area (Å²) in [7, 11) is -3.30. The molecule has 1 aliphatic heterocycles. The molecular formula is C17H17NO3S2. The van der Waals surface area contributed by atoms with Crippen LogP contribution in [0.2, 0.25) is 0 Å². The van der Waals surface area contributed by atoms with Gasteiger partial charge in [0.25, 0.3) is 5.91 Å². The van der Waals surface area contributed by atoms with E-state index in [1.54, 1.807) is 40.5 Å². The van der Waals surface area contributed by atoms with Gasteiger partial charge in [0.1, 0.15) is 0 Å². The van der Waals surface area contributed by atoms with Gasteiger partial charge in [0.2, 0.25) is 0 Å².